The third-order valence-corrected chi connectivity index (χ3v) is 5.66. The molecule has 1 aliphatic heterocycles. The van der Waals surface area contributed by atoms with Crippen LogP contribution in [0.25, 0.3) is 0 Å². The van der Waals surface area contributed by atoms with Crippen molar-refractivity contribution in [2.24, 2.45) is 0 Å². The summed E-state index contributed by atoms with van der Waals surface area (Å²) in [5, 5.41) is 11.1. The largest absolute Gasteiger partial charge is 0.481 e. The molecule has 0 fully saturated rings. The molecule has 2 rings (SSSR count). The maximum absolute atomic E-state index is 12.8. The average Bonchev–Trinajstić information content (AvgIpc) is 3.12. The molecule has 0 saturated heterocycles. The molecule has 0 radical (unpaired) electrons. The molecule has 1 aromatic rings. The van der Waals surface area contributed by atoms with E-state index in [-0.39, 0.29) is 24.7 Å². The van der Waals surface area contributed by atoms with Gasteiger partial charge < -0.3 is 20.1 Å². The summed E-state index contributed by atoms with van der Waals surface area (Å²) in [5.74, 6) is 5.28. The molecule has 7 heteroatoms. The van der Waals surface area contributed by atoms with Gasteiger partial charge in [0.25, 0.3) is 5.91 Å². The first-order valence-electron chi connectivity index (χ1n) is 11.3. The summed E-state index contributed by atoms with van der Waals surface area (Å²) in [6.45, 7) is 0.326. The number of carbonyl (C=O) groups is 4. The summed E-state index contributed by atoms with van der Waals surface area (Å²) in [7, 11) is 1.54. The number of hydrogen-bond donors (Lipinski definition) is 2. The quantitative estimate of drug-likeness (QED) is 0.278. The van der Waals surface area contributed by atoms with E-state index < -0.39 is 12.0 Å². The van der Waals surface area contributed by atoms with Gasteiger partial charge in [-0.15, -0.1) is 0 Å². The third-order valence-electron chi connectivity index (χ3n) is 5.66. The van der Waals surface area contributed by atoms with Gasteiger partial charge in [0.05, 0.1) is 6.04 Å². The second-order valence-electron chi connectivity index (χ2n) is 8.00. The second-order valence-corrected chi connectivity index (χ2v) is 8.00. The lowest BCUT2D eigenvalue weighted by Gasteiger charge is -2.22. The van der Waals surface area contributed by atoms with Crippen molar-refractivity contribution in [3.63, 3.8) is 0 Å². The highest BCUT2D eigenvalue weighted by Gasteiger charge is 2.33. The number of rotatable bonds is 13. The van der Waals surface area contributed by atoms with E-state index in [1.807, 2.05) is 12.1 Å². The highest BCUT2D eigenvalue weighted by Crippen LogP contribution is 2.28. The number of nitrogens with one attached hydrogen (secondary N) is 1. The molecule has 2 amide bonds. The number of carboxylic acid groups (broad SMARTS) is 1. The lowest BCUT2D eigenvalue weighted by Crippen LogP contribution is -2.37. The molecule has 1 heterocycles. The lowest BCUT2D eigenvalue weighted by atomic mass is 10.0. The SMILES string of the molecule is CNC(=O)CCC(C=O)N1Cc2c(C#CCCCCCCCCC(=O)O)cccc2C1=O. The predicted octanol–water partition coefficient (Wildman–Crippen LogP) is 3.29. The fourth-order valence-corrected chi connectivity index (χ4v) is 3.80. The molecule has 0 aromatic heterocycles. The fourth-order valence-electron chi connectivity index (χ4n) is 3.80. The maximum Gasteiger partial charge on any atom is 0.303 e. The van der Waals surface area contributed by atoms with Gasteiger partial charge in [-0.3, -0.25) is 14.4 Å². The molecule has 0 spiro atoms. The Balaban J connectivity index is 1.86. The number of aldehydes is 1. The van der Waals surface area contributed by atoms with E-state index in [9.17, 15) is 19.2 Å². The minimum Gasteiger partial charge on any atom is -0.481 e. The van der Waals surface area contributed by atoms with Gasteiger partial charge in [-0.25, -0.2) is 0 Å². The highest BCUT2D eigenvalue weighted by atomic mass is 16.4. The van der Waals surface area contributed by atoms with E-state index in [0.717, 1.165) is 62.4 Å². The van der Waals surface area contributed by atoms with Crippen molar-refractivity contribution in [1.82, 2.24) is 10.2 Å². The Bertz CT molecular complexity index is 884. The molecule has 32 heavy (non-hydrogen) atoms. The minimum atomic E-state index is -0.733. The number of nitrogens with zero attached hydrogens (tertiary/aromatic N) is 1. The number of carbonyl (C=O) groups excluding carboxylic acids is 3. The second kappa shape index (κ2) is 13.3. The molecule has 7 nitrogen and oxygen atoms in total. The molecule has 2 N–H and O–H groups in total. The van der Waals surface area contributed by atoms with Gasteiger partial charge in [-0.05, 0) is 37.0 Å². The number of benzene rings is 1. The Labute approximate surface area is 189 Å². The topological polar surface area (TPSA) is 104 Å². The van der Waals surface area contributed by atoms with Crippen molar-refractivity contribution < 1.29 is 24.3 Å². The van der Waals surface area contributed by atoms with Gasteiger partial charge in [0.2, 0.25) is 5.91 Å². The van der Waals surface area contributed by atoms with E-state index >= 15 is 0 Å². The van der Waals surface area contributed by atoms with E-state index in [4.69, 9.17) is 5.11 Å². The number of aliphatic carboxylic acids is 1. The first kappa shape index (κ1) is 25.1. The van der Waals surface area contributed by atoms with Gasteiger partial charge in [-0.1, -0.05) is 43.6 Å². The predicted molar refractivity (Wildman–Crippen MR) is 121 cm³/mol. The average molecular weight is 441 g/mol. The molecule has 0 bridgehead atoms. The maximum atomic E-state index is 12.8. The summed E-state index contributed by atoms with van der Waals surface area (Å²) in [6, 6.07) is 4.82. The highest BCUT2D eigenvalue weighted by molar-refractivity contribution is 6.00. The number of amides is 2. The van der Waals surface area contributed by atoms with E-state index in [1.165, 1.54) is 4.90 Å². The van der Waals surface area contributed by atoms with Crippen LogP contribution < -0.4 is 5.32 Å². The summed E-state index contributed by atoms with van der Waals surface area (Å²) < 4.78 is 0. The Morgan fingerprint density at radius 1 is 1.16 bits per heavy atom. The number of hydrogen-bond acceptors (Lipinski definition) is 4. The lowest BCUT2D eigenvalue weighted by molar-refractivity contribution is -0.137. The minimum absolute atomic E-state index is 0.159. The number of fused-ring (bicyclic) bond motifs is 1. The molecule has 1 unspecified atom stereocenters. The van der Waals surface area contributed by atoms with Crippen LogP contribution in [0.15, 0.2) is 18.2 Å². The molecule has 0 saturated carbocycles. The fraction of sp³-hybridized carbons (Fsp3) is 0.520. The van der Waals surface area contributed by atoms with Crippen LogP contribution in [0.4, 0.5) is 0 Å². The molecule has 1 atom stereocenters. The standard InChI is InChI=1S/C25H32N2O5/c1-26-23(29)16-15-20(18-28)27-17-22-19(12-10-13-21(22)25(27)32)11-8-6-4-2-3-5-7-9-14-24(30)31/h10,12-13,18,20H,2-7,9,14-17H2,1H3,(H,26,29)(H,30,31). The summed E-state index contributed by atoms with van der Waals surface area (Å²) in [6.07, 6.45) is 8.08. The van der Waals surface area contributed by atoms with Crippen LogP contribution in [0.3, 0.4) is 0 Å². The van der Waals surface area contributed by atoms with Gasteiger partial charge in [0, 0.05) is 44.0 Å². The van der Waals surface area contributed by atoms with Crippen molar-refractivity contribution in [3.8, 4) is 11.8 Å². The van der Waals surface area contributed by atoms with Crippen LogP contribution in [0.5, 0.6) is 0 Å². The van der Waals surface area contributed by atoms with Gasteiger partial charge >= 0.3 is 5.97 Å². The Morgan fingerprint density at radius 2 is 1.88 bits per heavy atom. The van der Waals surface area contributed by atoms with Crippen LogP contribution in [0.2, 0.25) is 0 Å². The Morgan fingerprint density at radius 3 is 2.56 bits per heavy atom. The molecular weight excluding hydrogens is 408 g/mol. The molecular formula is C25H32N2O5. The van der Waals surface area contributed by atoms with Crippen molar-refractivity contribution in [2.45, 2.75) is 76.8 Å². The third kappa shape index (κ3) is 7.52. The molecule has 1 aromatic carbocycles. The van der Waals surface area contributed by atoms with Crippen LogP contribution in [-0.2, 0) is 20.9 Å². The van der Waals surface area contributed by atoms with Crippen molar-refractivity contribution in [3.05, 3.63) is 34.9 Å². The van der Waals surface area contributed by atoms with Gasteiger partial charge in [-0.2, -0.15) is 0 Å². The molecule has 0 aliphatic carbocycles. The van der Waals surface area contributed by atoms with E-state index in [0.29, 0.717) is 18.5 Å². The van der Waals surface area contributed by atoms with Crippen molar-refractivity contribution >= 4 is 24.1 Å². The summed E-state index contributed by atoms with van der Waals surface area (Å²) >= 11 is 0. The van der Waals surface area contributed by atoms with Crippen LogP contribution in [0.1, 0.15) is 85.7 Å². The zero-order chi connectivity index (χ0) is 23.3. The van der Waals surface area contributed by atoms with E-state index in [2.05, 4.69) is 17.2 Å². The number of unbranched alkanes of at least 4 members (excludes halogenated alkanes) is 6. The Hall–Kier alpha value is -3.14. The molecule has 1 aliphatic rings. The monoisotopic (exact) mass is 440 g/mol. The smallest absolute Gasteiger partial charge is 0.303 e. The van der Waals surface area contributed by atoms with E-state index in [1.54, 1.807) is 13.1 Å². The summed E-state index contributed by atoms with van der Waals surface area (Å²) in [5.41, 5.74) is 2.23. The zero-order valence-corrected chi connectivity index (χ0v) is 18.7. The van der Waals surface area contributed by atoms with Crippen molar-refractivity contribution in [1.29, 1.82) is 0 Å². The van der Waals surface area contributed by atoms with Crippen LogP contribution in [0, 0.1) is 11.8 Å². The zero-order valence-electron chi connectivity index (χ0n) is 18.7. The first-order valence-corrected chi connectivity index (χ1v) is 11.3. The van der Waals surface area contributed by atoms with Crippen LogP contribution in [-0.4, -0.2) is 47.2 Å². The van der Waals surface area contributed by atoms with Gasteiger partial charge in [0.15, 0.2) is 0 Å². The normalized spacial score (nSPS) is 13.2. The first-order chi connectivity index (χ1) is 15.5. The Kier molecular flexibility index (Phi) is 10.5. The molecule has 172 valence electrons. The van der Waals surface area contributed by atoms with Crippen LogP contribution >= 0.6 is 0 Å². The number of carboxylic acids is 1. The van der Waals surface area contributed by atoms with Crippen molar-refractivity contribution in [2.75, 3.05) is 7.05 Å². The summed E-state index contributed by atoms with van der Waals surface area (Å²) in [4.78, 5) is 47.9. The van der Waals surface area contributed by atoms with Gasteiger partial charge in [0.1, 0.15) is 6.29 Å².